The van der Waals surface area contributed by atoms with Crippen LogP contribution in [0.2, 0.25) is 0 Å². The van der Waals surface area contributed by atoms with Gasteiger partial charge in [-0.25, -0.2) is 0 Å². The zero-order valence-electron chi connectivity index (χ0n) is 7.13. The molecule has 0 saturated carbocycles. The van der Waals surface area contributed by atoms with E-state index < -0.39 is 0 Å². The van der Waals surface area contributed by atoms with Crippen LogP contribution in [0.15, 0.2) is 16.8 Å². The molecule has 0 aliphatic rings. The van der Waals surface area contributed by atoms with Crippen molar-refractivity contribution in [2.45, 2.75) is 26.8 Å². The van der Waals surface area contributed by atoms with Crippen molar-refractivity contribution in [2.24, 2.45) is 10.7 Å². The summed E-state index contributed by atoms with van der Waals surface area (Å²) in [6.45, 7) is 5.56. The molecule has 0 fully saturated rings. The maximum absolute atomic E-state index is 8.54. The Morgan fingerprint density at radius 3 is 2.45 bits per heavy atom. The second-order valence-electron chi connectivity index (χ2n) is 2.61. The standard InChI is InChI=1S/C8H13N3/c1-6(2)11-8(5-9)4-7(3)10/h4,6H,10H2,1-3H3. The lowest BCUT2D eigenvalue weighted by Gasteiger charge is -1.95. The number of allylic oxidation sites excluding steroid dienone is 2. The predicted octanol–water partition coefficient (Wildman–Crippen LogP) is 1.22. The van der Waals surface area contributed by atoms with Gasteiger partial charge in [0.25, 0.3) is 0 Å². The van der Waals surface area contributed by atoms with Gasteiger partial charge in [-0.3, -0.25) is 4.99 Å². The number of rotatable bonds is 2. The molecule has 11 heavy (non-hydrogen) atoms. The predicted molar refractivity (Wildman–Crippen MR) is 46.1 cm³/mol. The fourth-order valence-electron chi connectivity index (χ4n) is 0.592. The fraction of sp³-hybridized carbons (Fsp3) is 0.500. The molecule has 60 valence electrons. The van der Waals surface area contributed by atoms with Gasteiger partial charge in [0, 0.05) is 11.7 Å². The molecule has 0 saturated heterocycles. The second kappa shape index (κ2) is 4.51. The smallest absolute Gasteiger partial charge is 0.137 e. The third-order valence-corrected chi connectivity index (χ3v) is 0.876. The highest BCUT2D eigenvalue weighted by atomic mass is 14.8. The summed E-state index contributed by atoms with van der Waals surface area (Å²) >= 11 is 0. The van der Waals surface area contributed by atoms with Crippen LogP contribution in [0.25, 0.3) is 0 Å². The molecule has 0 heterocycles. The second-order valence-corrected chi connectivity index (χ2v) is 2.61. The number of nitrogens with two attached hydrogens (primary N) is 1. The Bertz CT molecular complexity index is 214. The summed E-state index contributed by atoms with van der Waals surface area (Å²) < 4.78 is 0. The average molecular weight is 151 g/mol. The SMILES string of the molecule is CC(N)=CC(C#N)=NC(C)C. The number of aliphatic imine (C=N–C) groups is 1. The molecule has 0 aromatic carbocycles. The molecular weight excluding hydrogens is 138 g/mol. The lowest BCUT2D eigenvalue weighted by Crippen LogP contribution is -2.00. The van der Waals surface area contributed by atoms with Gasteiger partial charge in [-0.1, -0.05) is 0 Å². The van der Waals surface area contributed by atoms with Crippen molar-refractivity contribution < 1.29 is 0 Å². The molecule has 0 rings (SSSR count). The van der Waals surface area contributed by atoms with E-state index in [1.54, 1.807) is 13.0 Å². The molecule has 3 nitrogen and oxygen atoms in total. The maximum atomic E-state index is 8.54. The van der Waals surface area contributed by atoms with Gasteiger partial charge in [-0.2, -0.15) is 5.26 Å². The van der Waals surface area contributed by atoms with Crippen molar-refractivity contribution in [2.75, 3.05) is 0 Å². The van der Waals surface area contributed by atoms with Crippen LogP contribution in [0, 0.1) is 11.3 Å². The van der Waals surface area contributed by atoms with Gasteiger partial charge in [-0.05, 0) is 26.8 Å². The third kappa shape index (κ3) is 5.16. The van der Waals surface area contributed by atoms with Gasteiger partial charge in [0.05, 0.1) is 0 Å². The Balaban J connectivity index is 4.45. The van der Waals surface area contributed by atoms with Crippen LogP contribution in [-0.2, 0) is 0 Å². The number of hydrogen-bond acceptors (Lipinski definition) is 3. The van der Waals surface area contributed by atoms with Crippen molar-refractivity contribution in [3.05, 3.63) is 11.8 Å². The van der Waals surface area contributed by atoms with Crippen LogP contribution in [0.1, 0.15) is 20.8 Å². The number of nitriles is 1. The first-order chi connectivity index (χ1) is 5.06. The van der Waals surface area contributed by atoms with Crippen molar-refractivity contribution >= 4 is 5.71 Å². The molecule has 0 amide bonds. The molecule has 0 radical (unpaired) electrons. The van der Waals surface area contributed by atoms with E-state index in [4.69, 9.17) is 11.0 Å². The Hall–Kier alpha value is -1.30. The minimum Gasteiger partial charge on any atom is -0.402 e. The quantitative estimate of drug-likeness (QED) is 0.603. The van der Waals surface area contributed by atoms with Gasteiger partial charge in [0.15, 0.2) is 0 Å². The summed E-state index contributed by atoms with van der Waals surface area (Å²) in [6, 6.07) is 2.10. The van der Waals surface area contributed by atoms with Crippen LogP contribution in [-0.4, -0.2) is 11.8 Å². The topological polar surface area (TPSA) is 62.2 Å². The van der Waals surface area contributed by atoms with E-state index in [0.29, 0.717) is 11.4 Å². The van der Waals surface area contributed by atoms with Crippen molar-refractivity contribution in [1.29, 1.82) is 5.26 Å². The molecule has 0 aliphatic carbocycles. The van der Waals surface area contributed by atoms with Gasteiger partial charge >= 0.3 is 0 Å². The van der Waals surface area contributed by atoms with E-state index >= 15 is 0 Å². The number of hydrogen-bond donors (Lipinski definition) is 1. The molecule has 0 atom stereocenters. The van der Waals surface area contributed by atoms with E-state index in [2.05, 4.69) is 4.99 Å². The van der Waals surface area contributed by atoms with Gasteiger partial charge in [0.1, 0.15) is 11.8 Å². The summed E-state index contributed by atoms with van der Waals surface area (Å²) in [5.74, 6) is 0. The van der Waals surface area contributed by atoms with E-state index in [-0.39, 0.29) is 6.04 Å². The highest BCUT2D eigenvalue weighted by Gasteiger charge is 1.93. The zero-order chi connectivity index (χ0) is 8.85. The summed E-state index contributed by atoms with van der Waals surface area (Å²) in [4.78, 5) is 4.03. The van der Waals surface area contributed by atoms with Crippen LogP contribution in [0.5, 0.6) is 0 Å². The first-order valence-corrected chi connectivity index (χ1v) is 3.48. The van der Waals surface area contributed by atoms with Crippen LogP contribution >= 0.6 is 0 Å². The van der Waals surface area contributed by atoms with Crippen molar-refractivity contribution in [3.63, 3.8) is 0 Å². The summed E-state index contributed by atoms with van der Waals surface area (Å²) in [5, 5.41) is 8.54. The zero-order valence-corrected chi connectivity index (χ0v) is 7.13. The molecule has 0 aliphatic heterocycles. The summed E-state index contributed by atoms with van der Waals surface area (Å²) in [6.07, 6.45) is 1.57. The molecule has 0 aromatic rings. The van der Waals surface area contributed by atoms with Crippen LogP contribution in [0.3, 0.4) is 0 Å². The fourth-order valence-corrected chi connectivity index (χ4v) is 0.592. The molecular formula is C8H13N3. The van der Waals surface area contributed by atoms with Crippen molar-refractivity contribution in [3.8, 4) is 6.07 Å². The molecule has 0 aromatic heterocycles. The van der Waals surface area contributed by atoms with E-state index in [1.807, 2.05) is 19.9 Å². The van der Waals surface area contributed by atoms with Crippen LogP contribution < -0.4 is 5.73 Å². The molecule has 0 bridgehead atoms. The molecule has 2 N–H and O–H groups in total. The van der Waals surface area contributed by atoms with E-state index in [1.165, 1.54) is 0 Å². The lowest BCUT2D eigenvalue weighted by atomic mass is 10.3. The monoisotopic (exact) mass is 151 g/mol. The first kappa shape index (κ1) is 9.70. The van der Waals surface area contributed by atoms with Gasteiger partial charge < -0.3 is 5.73 Å². The van der Waals surface area contributed by atoms with E-state index in [0.717, 1.165) is 0 Å². The van der Waals surface area contributed by atoms with Gasteiger partial charge in [-0.15, -0.1) is 0 Å². The Labute approximate surface area is 67.2 Å². The summed E-state index contributed by atoms with van der Waals surface area (Å²) in [7, 11) is 0. The average Bonchev–Trinajstić information content (AvgIpc) is 1.84. The summed E-state index contributed by atoms with van der Waals surface area (Å²) in [5.41, 5.74) is 6.37. The Morgan fingerprint density at radius 2 is 2.18 bits per heavy atom. The largest absolute Gasteiger partial charge is 0.402 e. The minimum absolute atomic E-state index is 0.139. The highest BCUT2D eigenvalue weighted by Crippen LogP contribution is 1.91. The first-order valence-electron chi connectivity index (χ1n) is 3.48. The third-order valence-electron chi connectivity index (χ3n) is 0.876. The number of nitrogens with zero attached hydrogens (tertiary/aromatic N) is 2. The molecule has 3 heteroatoms. The lowest BCUT2D eigenvalue weighted by molar-refractivity contribution is 0.838. The van der Waals surface area contributed by atoms with Crippen molar-refractivity contribution in [1.82, 2.24) is 0 Å². The molecule has 0 spiro atoms. The Kier molecular flexibility index (Phi) is 3.97. The molecule has 0 unspecified atom stereocenters. The maximum Gasteiger partial charge on any atom is 0.137 e. The normalized spacial score (nSPS) is 13.4. The van der Waals surface area contributed by atoms with Crippen LogP contribution in [0.4, 0.5) is 0 Å². The van der Waals surface area contributed by atoms with E-state index in [9.17, 15) is 0 Å². The minimum atomic E-state index is 0.139. The highest BCUT2D eigenvalue weighted by molar-refractivity contribution is 6.07. The Morgan fingerprint density at radius 1 is 1.64 bits per heavy atom. The van der Waals surface area contributed by atoms with Gasteiger partial charge in [0.2, 0.25) is 0 Å².